The molecule has 128 valence electrons. The smallest absolute Gasteiger partial charge is 0.336 e. The summed E-state index contributed by atoms with van der Waals surface area (Å²) in [6, 6.07) is 4.95. The van der Waals surface area contributed by atoms with Gasteiger partial charge < -0.3 is 14.8 Å². The van der Waals surface area contributed by atoms with E-state index in [0.29, 0.717) is 32.6 Å². The largest absolute Gasteiger partial charge is 0.468 e. The van der Waals surface area contributed by atoms with E-state index < -0.39 is 23.8 Å². The first-order chi connectivity index (χ1) is 11.3. The summed E-state index contributed by atoms with van der Waals surface area (Å²) in [5.41, 5.74) is 1.95. The lowest BCUT2D eigenvalue weighted by Gasteiger charge is -2.34. The van der Waals surface area contributed by atoms with Gasteiger partial charge in [0.1, 0.15) is 5.92 Å². The van der Waals surface area contributed by atoms with E-state index >= 15 is 0 Å². The van der Waals surface area contributed by atoms with Crippen LogP contribution < -0.4 is 5.32 Å². The number of ether oxygens (including phenoxy) is 2. The molecule has 0 aliphatic carbocycles. The molecule has 0 saturated heterocycles. The molecule has 0 aromatic heterocycles. The van der Waals surface area contributed by atoms with Gasteiger partial charge in [-0.2, -0.15) is 0 Å². The van der Waals surface area contributed by atoms with Gasteiger partial charge in [-0.15, -0.1) is 0 Å². The van der Waals surface area contributed by atoms with Gasteiger partial charge in [0, 0.05) is 17.3 Å². The van der Waals surface area contributed by atoms with Crippen molar-refractivity contribution in [2.75, 3.05) is 14.2 Å². The van der Waals surface area contributed by atoms with E-state index in [-0.39, 0.29) is 0 Å². The Labute approximate surface area is 150 Å². The predicted molar refractivity (Wildman–Crippen MR) is 91.7 cm³/mol. The highest BCUT2D eigenvalue weighted by molar-refractivity contribution is 6.42. The second-order valence-electron chi connectivity index (χ2n) is 5.33. The number of carbonyl (C=O) groups is 2. The van der Waals surface area contributed by atoms with Crippen LogP contribution in [0.2, 0.25) is 10.0 Å². The van der Waals surface area contributed by atoms with Gasteiger partial charge in [-0.05, 0) is 24.6 Å². The highest BCUT2D eigenvalue weighted by Gasteiger charge is 2.42. The van der Waals surface area contributed by atoms with Crippen LogP contribution in [0.5, 0.6) is 0 Å². The summed E-state index contributed by atoms with van der Waals surface area (Å²) in [6.45, 7) is 5.61. The summed E-state index contributed by atoms with van der Waals surface area (Å²) >= 11 is 12.1. The molecule has 24 heavy (non-hydrogen) atoms. The zero-order valence-corrected chi connectivity index (χ0v) is 15.0. The minimum absolute atomic E-state index is 0.318. The zero-order chi connectivity index (χ0) is 18.0. The molecule has 5 nitrogen and oxygen atoms in total. The predicted octanol–water partition coefficient (Wildman–Crippen LogP) is 3.43. The van der Waals surface area contributed by atoms with E-state index in [1.807, 2.05) is 0 Å². The molecule has 0 saturated carbocycles. The fourth-order valence-electron chi connectivity index (χ4n) is 2.85. The SMILES string of the molecule is C=C1NC(C)=C(C(=O)OC)C(c2ccc(Cl)c(Cl)c2)C1C(=O)OC. The maximum Gasteiger partial charge on any atom is 0.336 e. The van der Waals surface area contributed by atoms with Crippen molar-refractivity contribution >= 4 is 35.1 Å². The summed E-state index contributed by atoms with van der Waals surface area (Å²) in [5.74, 6) is -2.51. The number of halogens is 2. The topological polar surface area (TPSA) is 64.6 Å². The van der Waals surface area contributed by atoms with Crippen molar-refractivity contribution in [3.63, 3.8) is 0 Å². The minimum atomic E-state index is -0.801. The molecule has 0 amide bonds. The normalized spacial score (nSPS) is 20.5. The van der Waals surface area contributed by atoms with Gasteiger partial charge >= 0.3 is 11.9 Å². The first-order valence-electron chi connectivity index (χ1n) is 7.09. The summed E-state index contributed by atoms with van der Waals surface area (Å²) < 4.78 is 9.77. The third-order valence-corrected chi connectivity index (χ3v) is 4.67. The van der Waals surface area contributed by atoms with Crippen LogP contribution in [0.3, 0.4) is 0 Å². The molecular weight excluding hydrogens is 353 g/mol. The molecule has 1 aromatic rings. The number of benzene rings is 1. The maximum absolute atomic E-state index is 12.3. The van der Waals surface area contributed by atoms with Crippen LogP contribution in [0, 0.1) is 5.92 Å². The molecule has 0 bridgehead atoms. The molecule has 2 atom stereocenters. The molecule has 0 spiro atoms. The Morgan fingerprint density at radius 1 is 1.17 bits per heavy atom. The van der Waals surface area contributed by atoms with Crippen LogP contribution in [0.4, 0.5) is 0 Å². The van der Waals surface area contributed by atoms with Crippen LogP contribution in [-0.2, 0) is 19.1 Å². The second-order valence-corrected chi connectivity index (χ2v) is 6.15. The molecule has 2 unspecified atom stereocenters. The van der Waals surface area contributed by atoms with Crippen molar-refractivity contribution in [1.82, 2.24) is 5.32 Å². The van der Waals surface area contributed by atoms with Crippen molar-refractivity contribution in [3.05, 3.63) is 57.4 Å². The lowest BCUT2D eigenvalue weighted by atomic mass is 9.75. The monoisotopic (exact) mass is 369 g/mol. The highest BCUT2D eigenvalue weighted by Crippen LogP contribution is 2.42. The van der Waals surface area contributed by atoms with Crippen LogP contribution in [0.1, 0.15) is 18.4 Å². The average molecular weight is 370 g/mol. The molecule has 0 fully saturated rings. The summed E-state index contributed by atoms with van der Waals surface area (Å²) in [4.78, 5) is 24.6. The first-order valence-corrected chi connectivity index (χ1v) is 7.85. The maximum atomic E-state index is 12.3. The quantitative estimate of drug-likeness (QED) is 0.826. The fourth-order valence-corrected chi connectivity index (χ4v) is 3.15. The van der Waals surface area contributed by atoms with Crippen LogP contribution in [0.15, 0.2) is 41.7 Å². The van der Waals surface area contributed by atoms with Crippen molar-refractivity contribution in [3.8, 4) is 0 Å². The zero-order valence-electron chi connectivity index (χ0n) is 13.5. The van der Waals surface area contributed by atoms with Crippen LogP contribution >= 0.6 is 23.2 Å². The van der Waals surface area contributed by atoms with Gasteiger partial charge in [0.25, 0.3) is 0 Å². The van der Waals surface area contributed by atoms with E-state index in [2.05, 4.69) is 11.9 Å². The third kappa shape index (κ3) is 3.28. The Bertz CT molecular complexity index is 742. The van der Waals surface area contributed by atoms with Crippen molar-refractivity contribution < 1.29 is 19.1 Å². The van der Waals surface area contributed by atoms with Crippen LogP contribution in [0.25, 0.3) is 0 Å². The summed E-state index contributed by atoms with van der Waals surface area (Å²) in [7, 11) is 2.57. The Morgan fingerprint density at radius 2 is 1.83 bits per heavy atom. The van der Waals surface area contributed by atoms with Crippen LogP contribution in [-0.4, -0.2) is 26.2 Å². The Hall–Kier alpha value is -1.98. The Morgan fingerprint density at radius 3 is 2.38 bits per heavy atom. The lowest BCUT2D eigenvalue weighted by molar-refractivity contribution is -0.145. The highest BCUT2D eigenvalue weighted by atomic mass is 35.5. The van der Waals surface area contributed by atoms with Gasteiger partial charge in [-0.25, -0.2) is 4.79 Å². The van der Waals surface area contributed by atoms with E-state index in [1.165, 1.54) is 14.2 Å². The van der Waals surface area contributed by atoms with E-state index in [4.69, 9.17) is 32.7 Å². The molecule has 7 heteroatoms. The fraction of sp³-hybridized carbons (Fsp3) is 0.294. The molecular formula is C17H17Cl2NO4. The van der Waals surface area contributed by atoms with Crippen molar-refractivity contribution in [2.45, 2.75) is 12.8 Å². The Balaban J connectivity index is 2.69. The summed E-state index contributed by atoms with van der Waals surface area (Å²) in [5, 5.41) is 3.66. The average Bonchev–Trinajstić information content (AvgIpc) is 2.55. The Kier molecular flexibility index (Phi) is 5.57. The number of hydrogen-bond acceptors (Lipinski definition) is 5. The molecule has 2 rings (SSSR count). The van der Waals surface area contributed by atoms with Gasteiger partial charge in [0.2, 0.25) is 0 Å². The molecule has 0 radical (unpaired) electrons. The van der Waals surface area contributed by atoms with Gasteiger partial charge in [0.15, 0.2) is 0 Å². The number of nitrogens with one attached hydrogen (secondary N) is 1. The van der Waals surface area contributed by atoms with Crippen molar-refractivity contribution in [1.29, 1.82) is 0 Å². The summed E-state index contributed by atoms with van der Waals surface area (Å²) in [6.07, 6.45) is 0. The first kappa shape index (κ1) is 18.4. The lowest BCUT2D eigenvalue weighted by Crippen LogP contribution is -2.39. The molecule has 1 heterocycles. The molecule has 1 aromatic carbocycles. The molecule has 1 aliphatic heterocycles. The number of esters is 2. The van der Waals surface area contributed by atoms with Gasteiger partial charge in [-0.3, -0.25) is 4.79 Å². The number of hydrogen-bond donors (Lipinski definition) is 1. The number of carbonyl (C=O) groups excluding carboxylic acids is 2. The number of allylic oxidation sites excluding steroid dienone is 1. The van der Waals surface area contributed by atoms with Gasteiger partial charge in [0.05, 0.1) is 29.8 Å². The minimum Gasteiger partial charge on any atom is -0.468 e. The number of rotatable bonds is 3. The van der Waals surface area contributed by atoms with E-state index in [1.54, 1.807) is 25.1 Å². The van der Waals surface area contributed by atoms with E-state index in [0.717, 1.165) is 0 Å². The third-order valence-electron chi connectivity index (χ3n) is 3.94. The van der Waals surface area contributed by atoms with Crippen molar-refractivity contribution in [2.24, 2.45) is 5.92 Å². The van der Waals surface area contributed by atoms with E-state index in [9.17, 15) is 9.59 Å². The number of methoxy groups -OCH3 is 2. The van der Waals surface area contributed by atoms with Gasteiger partial charge in [-0.1, -0.05) is 35.8 Å². The second kappa shape index (κ2) is 7.28. The standard InChI is InChI=1S/C17H17Cl2NO4/c1-8-13(16(21)23-3)15(10-5-6-11(18)12(19)7-10)14(9(2)20-8)17(22)24-4/h5-7,13,15,20H,1H2,2-4H3. The molecule has 1 aliphatic rings. The molecule has 1 N–H and O–H groups in total.